The van der Waals surface area contributed by atoms with Crippen molar-refractivity contribution >= 4 is 63.4 Å². The van der Waals surface area contributed by atoms with E-state index in [4.69, 9.17) is 20.9 Å². The first-order valence-electron chi connectivity index (χ1n) is 13.5. The number of anilines is 2. The van der Waals surface area contributed by atoms with Crippen molar-refractivity contribution in [3.05, 3.63) is 35.1 Å². The highest BCUT2D eigenvalue weighted by Gasteiger charge is 2.48. The molecule has 1 fully saturated rings. The summed E-state index contributed by atoms with van der Waals surface area (Å²) in [6, 6.07) is 0. The SMILES string of the molecule is Nc1nc2c(ncn2[C@@H]2O[C@H](COP(=O)(O)OP(=O)(O)OP(=O)(O)OC[C@H]3OC(n4cnc5c(N)ncnc54)=C(O)[C@@H]3O)[C@@H](O)[C@H]2O)c(=O)[nH]1. The van der Waals surface area contributed by atoms with Gasteiger partial charge in [0.1, 0.15) is 31.0 Å². The predicted molar refractivity (Wildman–Crippen MR) is 158 cm³/mol. The van der Waals surface area contributed by atoms with Gasteiger partial charge in [0, 0.05) is 0 Å². The van der Waals surface area contributed by atoms with Crippen LogP contribution in [0, 0.1) is 0 Å². The fraction of sp³-hybridized carbons (Fsp3) is 0.400. The lowest BCUT2D eigenvalue weighted by molar-refractivity contribution is -0.0503. The lowest BCUT2D eigenvalue weighted by Gasteiger charge is -2.21. The van der Waals surface area contributed by atoms with Crippen molar-refractivity contribution in [1.82, 2.24) is 39.0 Å². The average Bonchev–Trinajstić information content (AvgIpc) is 3.76. The van der Waals surface area contributed by atoms with E-state index in [0.717, 1.165) is 28.1 Å². The summed E-state index contributed by atoms with van der Waals surface area (Å²) in [5.74, 6) is -1.54. The Morgan fingerprint density at radius 3 is 2.18 bits per heavy atom. The van der Waals surface area contributed by atoms with E-state index in [2.05, 4.69) is 47.6 Å². The highest BCUT2D eigenvalue weighted by Crippen LogP contribution is 2.67. The minimum Gasteiger partial charge on any atom is -0.505 e. The predicted octanol–water partition coefficient (Wildman–Crippen LogP) is -2.45. The number of aromatic nitrogens is 8. The maximum atomic E-state index is 12.4. The molecule has 272 valence electrons. The molecule has 30 heteroatoms. The summed E-state index contributed by atoms with van der Waals surface area (Å²) in [6.07, 6.45) is -6.93. The Hall–Kier alpha value is -3.91. The van der Waals surface area contributed by atoms with Crippen molar-refractivity contribution in [2.24, 2.45) is 0 Å². The van der Waals surface area contributed by atoms with Gasteiger partial charge in [0.2, 0.25) is 11.8 Å². The molecule has 0 spiro atoms. The second-order valence-electron chi connectivity index (χ2n) is 10.3. The number of fused-ring (bicyclic) bond motifs is 2. The smallest absolute Gasteiger partial charge is 0.490 e. The van der Waals surface area contributed by atoms with Crippen molar-refractivity contribution in [1.29, 1.82) is 0 Å². The summed E-state index contributed by atoms with van der Waals surface area (Å²) >= 11 is 0. The van der Waals surface area contributed by atoms with Crippen LogP contribution in [0.2, 0.25) is 0 Å². The van der Waals surface area contributed by atoms with E-state index < -0.39 is 90.6 Å². The first-order chi connectivity index (χ1) is 23.4. The maximum Gasteiger partial charge on any atom is 0.490 e. The summed E-state index contributed by atoms with van der Waals surface area (Å²) in [7, 11) is -17.3. The van der Waals surface area contributed by atoms with E-state index in [1.807, 2.05) is 0 Å². The lowest BCUT2D eigenvalue weighted by Crippen LogP contribution is -2.33. The van der Waals surface area contributed by atoms with Gasteiger partial charge in [0.25, 0.3) is 5.56 Å². The van der Waals surface area contributed by atoms with Crippen molar-refractivity contribution in [2.75, 3.05) is 24.7 Å². The third-order valence-electron chi connectivity index (χ3n) is 6.97. The van der Waals surface area contributed by atoms with E-state index in [-0.39, 0.29) is 34.1 Å². The number of nitrogens with one attached hydrogen (secondary N) is 1. The van der Waals surface area contributed by atoms with Crippen LogP contribution < -0.4 is 17.0 Å². The molecule has 0 saturated carbocycles. The Balaban J connectivity index is 1.03. The van der Waals surface area contributed by atoms with E-state index in [0.29, 0.717) is 0 Å². The summed E-state index contributed by atoms with van der Waals surface area (Å²) in [5, 5.41) is 41.6. The molecule has 4 aromatic rings. The van der Waals surface area contributed by atoms with Crippen LogP contribution in [0.5, 0.6) is 0 Å². The van der Waals surface area contributed by atoms with Crippen molar-refractivity contribution in [3.8, 4) is 0 Å². The lowest BCUT2D eigenvalue weighted by atomic mass is 10.1. The summed E-state index contributed by atoms with van der Waals surface area (Å²) in [6.45, 7) is -2.16. The molecule has 12 N–H and O–H groups in total. The molecule has 27 nitrogen and oxygen atoms in total. The number of nitrogens with zero attached hydrogens (tertiary/aromatic N) is 7. The molecule has 9 atom stereocenters. The number of nitrogen functional groups attached to an aromatic ring is 2. The molecule has 6 rings (SSSR count). The number of nitrogens with two attached hydrogens (primary N) is 2. The molecule has 2 aliphatic heterocycles. The van der Waals surface area contributed by atoms with Crippen LogP contribution in [-0.2, 0) is 40.8 Å². The number of hydrogen-bond donors (Lipinski definition) is 10. The van der Waals surface area contributed by atoms with Crippen LogP contribution in [0.15, 0.2) is 29.5 Å². The number of H-pyrrole nitrogens is 1. The molecule has 4 aromatic heterocycles. The second-order valence-corrected chi connectivity index (χ2v) is 15.0. The Labute approximate surface area is 275 Å². The van der Waals surface area contributed by atoms with Gasteiger partial charge >= 0.3 is 23.5 Å². The Morgan fingerprint density at radius 2 is 1.50 bits per heavy atom. The van der Waals surface area contributed by atoms with Crippen LogP contribution in [0.1, 0.15) is 6.23 Å². The second kappa shape index (κ2) is 13.0. The fourth-order valence-corrected chi connectivity index (χ4v) is 8.28. The number of aliphatic hydroxyl groups excluding tert-OH is 4. The summed E-state index contributed by atoms with van der Waals surface area (Å²) in [4.78, 5) is 63.5. The van der Waals surface area contributed by atoms with Gasteiger partial charge in [-0.2, -0.15) is 13.6 Å². The highest BCUT2D eigenvalue weighted by molar-refractivity contribution is 7.66. The molecule has 0 bridgehead atoms. The topological polar surface area (TPSA) is 407 Å². The fourth-order valence-electron chi connectivity index (χ4n) is 4.76. The van der Waals surface area contributed by atoms with Crippen LogP contribution in [-0.4, -0.2) is 118 Å². The molecule has 0 aromatic carbocycles. The number of imidazole rings is 2. The monoisotopic (exact) mass is 770 g/mol. The zero-order valence-corrected chi connectivity index (χ0v) is 27.1. The number of aromatic amines is 1. The molecule has 6 heterocycles. The number of ether oxygens (including phenoxy) is 2. The van der Waals surface area contributed by atoms with Gasteiger partial charge in [-0.3, -0.25) is 23.4 Å². The van der Waals surface area contributed by atoms with Crippen LogP contribution in [0.25, 0.3) is 28.2 Å². The number of aliphatic hydroxyl groups is 4. The quantitative estimate of drug-likeness (QED) is 0.0668. The first-order valence-corrected chi connectivity index (χ1v) is 18.0. The molecule has 2 aliphatic rings. The molecule has 0 amide bonds. The Morgan fingerprint density at radius 1 is 0.860 bits per heavy atom. The molecule has 0 aliphatic carbocycles. The first kappa shape index (κ1) is 35.9. The molecular formula is C20H25N10O17P3. The van der Waals surface area contributed by atoms with E-state index in [9.17, 15) is 53.6 Å². The number of hydrogen-bond acceptors (Lipinski definition) is 21. The molecular weight excluding hydrogens is 745 g/mol. The number of phosphoric ester groups is 2. The van der Waals surface area contributed by atoms with Gasteiger partial charge < -0.3 is 56.0 Å². The highest BCUT2D eigenvalue weighted by atomic mass is 31.3. The summed E-state index contributed by atoms with van der Waals surface area (Å²) in [5.41, 5.74) is 10.4. The van der Waals surface area contributed by atoms with Crippen molar-refractivity contribution in [2.45, 2.75) is 36.7 Å². The third-order valence-corrected chi connectivity index (χ3v) is 11.2. The van der Waals surface area contributed by atoms with Crippen LogP contribution >= 0.6 is 23.5 Å². The standard InChI is InChI=1S/C20H25N10O17P3/c21-14-8-15(24-3-23-14)29(4-25-8)18-12(33)10(31)6(44-18)1-42-48(36,37)46-50(40,41)47-49(38,39)43-2-7-11(32)13(34)19(45-7)30-5-26-9-16(30)27-20(22)28-17(9)35/h3-7,10-11,13,19,31-34H,1-2H2,(H,36,37)(H,38,39)(H,40,41)(H2,21,23,24)(H3,22,27,28,35)/t6-,7-,10-,11-,13-,19-/m1/s1. The Bertz CT molecular complexity index is 2190. The maximum absolute atomic E-state index is 12.4. The van der Waals surface area contributed by atoms with Gasteiger partial charge in [-0.15, -0.1) is 0 Å². The van der Waals surface area contributed by atoms with E-state index in [1.54, 1.807) is 0 Å². The van der Waals surface area contributed by atoms with E-state index in [1.165, 1.54) is 0 Å². The van der Waals surface area contributed by atoms with E-state index >= 15 is 0 Å². The number of rotatable bonds is 12. The zero-order valence-electron chi connectivity index (χ0n) is 24.5. The van der Waals surface area contributed by atoms with Gasteiger partial charge in [-0.05, 0) is 0 Å². The summed E-state index contributed by atoms with van der Waals surface area (Å²) < 4.78 is 67.3. The van der Waals surface area contributed by atoms with Crippen LogP contribution in [0.3, 0.4) is 0 Å². The minimum atomic E-state index is -5.98. The zero-order chi connectivity index (χ0) is 36.3. The van der Waals surface area contributed by atoms with Crippen LogP contribution in [0.4, 0.5) is 11.8 Å². The van der Waals surface area contributed by atoms with Gasteiger partial charge in [0.15, 0.2) is 52.3 Å². The molecule has 3 unspecified atom stereocenters. The molecule has 1 saturated heterocycles. The van der Waals surface area contributed by atoms with Gasteiger partial charge in [-0.25, -0.2) is 38.2 Å². The molecule has 50 heavy (non-hydrogen) atoms. The van der Waals surface area contributed by atoms with Gasteiger partial charge in [-0.1, -0.05) is 0 Å². The normalized spacial score (nSPS) is 27.7. The Kier molecular flexibility index (Phi) is 9.34. The molecule has 0 radical (unpaired) electrons. The average molecular weight is 770 g/mol. The number of phosphoric acid groups is 3. The third kappa shape index (κ3) is 7.01. The largest absolute Gasteiger partial charge is 0.505 e. The minimum absolute atomic E-state index is 0.0146. The van der Waals surface area contributed by atoms with Crippen molar-refractivity contribution in [3.63, 3.8) is 0 Å². The van der Waals surface area contributed by atoms with Gasteiger partial charge in [0.05, 0.1) is 19.5 Å². The van der Waals surface area contributed by atoms with Crippen molar-refractivity contribution < 1.29 is 75.9 Å².